The maximum Gasteiger partial charge on any atom is 4.00 e. The first-order valence-corrected chi connectivity index (χ1v) is 23.5. The van der Waals surface area contributed by atoms with E-state index in [2.05, 4.69) is 133 Å². The van der Waals surface area contributed by atoms with Gasteiger partial charge in [-0.1, -0.05) is 132 Å². The van der Waals surface area contributed by atoms with Crippen LogP contribution in [0.25, 0.3) is 44.8 Å². The Morgan fingerprint density at radius 3 is 1.03 bits per heavy atom. The number of pyridine rings is 1. The molecule has 4 aromatic carbocycles. The van der Waals surface area contributed by atoms with Crippen molar-refractivity contribution >= 4 is 0 Å². The minimum absolute atomic E-state index is 0. The summed E-state index contributed by atoms with van der Waals surface area (Å²) >= 11 is 0. The molecule has 8 aliphatic rings. The Hall–Kier alpha value is -3.50. The monoisotopic (exact) mass is 1000 g/mol. The van der Waals surface area contributed by atoms with Crippen LogP contribution in [-0.2, 0) is 47.5 Å². The third-order valence-electron chi connectivity index (χ3n) is 16.9. The van der Waals surface area contributed by atoms with Crippen molar-refractivity contribution in [2.24, 2.45) is 35.5 Å². The van der Waals surface area contributed by atoms with E-state index >= 15 is 10.2 Å². The third kappa shape index (κ3) is 7.82. The van der Waals surface area contributed by atoms with E-state index in [0.29, 0.717) is 0 Å². The number of hydrogen-bond donors (Lipinski definition) is 0. The molecular weight excluding hydrogens is 933 g/mol. The van der Waals surface area contributed by atoms with Gasteiger partial charge in [0.05, 0.1) is 11.4 Å². The second-order valence-corrected chi connectivity index (χ2v) is 23.2. The molecule has 0 amide bonds. The molecule has 4 heteroatoms. The summed E-state index contributed by atoms with van der Waals surface area (Å²) < 4.78 is 0. The fourth-order valence-corrected chi connectivity index (χ4v) is 14.8. The van der Waals surface area contributed by atoms with Crippen LogP contribution in [0.2, 0.25) is 0 Å². The minimum atomic E-state index is -0.101. The van der Waals surface area contributed by atoms with Gasteiger partial charge in [-0.2, -0.15) is 0 Å². The Labute approximate surface area is 398 Å². The molecule has 13 rings (SSSR count). The fourth-order valence-electron chi connectivity index (χ4n) is 14.8. The molecule has 0 N–H and O–H groups in total. The maximum absolute atomic E-state index is 15.1. The zero-order chi connectivity index (χ0) is 41.3. The molecule has 0 radical (unpaired) electrons. The Balaban J connectivity index is 0.00000181. The first-order valence-electron chi connectivity index (χ1n) is 23.5. The standard InChI is InChI=1S/C57H65NO2.2CH3.Hf/c1-54(2,3)40-24-46(52(59)48(26-40)56-28-34-18-35(29-56)20-36(19-34)30-56)42-12-7-9-14-44(42)50-16-11-17-51(58-50)45-15-10-8-13-43(45)47-25-41(55(4,5)6)27-49(53(47)60)57-31-37-21-38(32-57)23-39(22-37)33-57;;;/h7-17,24-27,34-39,59-60H,18-23,28-33H2,1-6H3;2*1H3;/q;2*-1;+4/p-2. The van der Waals surface area contributed by atoms with Gasteiger partial charge < -0.3 is 25.1 Å². The van der Waals surface area contributed by atoms with Gasteiger partial charge in [-0.05, 0) is 191 Å². The number of hydrogen-bond acceptors (Lipinski definition) is 3. The van der Waals surface area contributed by atoms with Crippen molar-refractivity contribution in [1.29, 1.82) is 0 Å². The van der Waals surface area contributed by atoms with E-state index in [-0.39, 0.29) is 73.9 Å². The van der Waals surface area contributed by atoms with Crippen molar-refractivity contribution in [2.45, 2.75) is 140 Å². The summed E-state index contributed by atoms with van der Waals surface area (Å²) in [6.07, 6.45) is 15.1. The van der Waals surface area contributed by atoms with Gasteiger partial charge in [-0.15, -0.1) is 0 Å². The van der Waals surface area contributed by atoms with Crippen LogP contribution in [0, 0.1) is 50.4 Å². The van der Waals surface area contributed by atoms with Gasteiger partial charge >= 0.3 is 25.8 Å². The van der Waals surface area contributed by atoms with Crippen LogP contribution in [0.1, 0.15) is 141 Å². The normalized spacial score (nSPS) is 28.9. The predicted molar refractivity (Wildman–Crippen MR) is 255 cm³/mol. The van der Waals surface area contributed by atoms with Crippen molar-refractivity contribution in [3.63, 3.8) is 0 Å². The second-order valence-electron chi connectivity index (χ2n) is 23.2. The SMILES string of the molecule is CC(C)(C)c1cc(-c2ccccc2-c2cccc(-c3ccccc3-c3cc(C(C)(C)C)cc(C45CC6CC(CC(C6)C4)C5)c3[O-])n2)c([O-])c(C23CC4CC(CC(C4)C2)C3)c1.[CH3-].[CH3-].[Hf+4]. The van der Waals surface area contributed by atoms with Crippen LogP contribution >= 0.6 is 0 Å². The van der Waals surface area contributed by atoms with Crippen LogP contribution in [0.3, 0.4) is 0 Å². The molecule has 0 unspecified atom stereocenters. The first kappa shape index (κ1) is 46.0. The molecule has 8 fully saturated rings. The summed E-state index contributed by atoms with van der Waals surface area (Å²) in [7, 11) is 0. The van der Waals surface area contributed by atoms with Crippen molar-refractivity contribution in [2.75, 3.05) is 0 Å². The van der Waals surface area contributed by atoms with E-state index in [9.17, 15) is 0 Å². The summed E-state index contributed by atoms with van der Waals surface area (Å²) in [5, 5.41) is 30.3. The largest absolute Gasteiger partial charge is 4.00 e. The maximum atomic E-state index is 15.1. The molecule has 0 atom stereocenters. The topological polar surface area (TPSA) is 59.0 Å². The smallest absolute Gasteiger partial charge is 0.872 e. The van der Waals surface area contributed by atoms with Crippen molar-refractivity contribution in [3.8, 4) is 56.3 Å². The van der Waals surface area contributed by atoms with E-state index in [1.54, 1.807) is 0 Å². The predicted octanol–water partition coefficient (Wildman–Crippen LogP) is 14.3. The van der Waals surface area contributed by atoms with Gasteiger partial charge in [0.2, 0.25) is 0 Å². The van der Waals surface area contributed by atoms with Crippen molar-refractivity contribution in [1.82, 2.24) is 4.98 Å². The van der Waals surface area contributed by atoms with Crippen LogP contribution in [0.5, 0.6) is 11.5 Å². The average Bonchev–Trinajstić information content (AvgIpc) is 3.19. The Morgan fingerprint density at radius 2 is 0.730 bits per heavy atom. The molecule has 8 bridgehead atoms. The average molecular weight is 1000 g/mol. The van der Waals surface area contributed by atoms with Crippen LogP contribution in [-0.4, -0.2) is 4.98 Å². The molecule has 63 heavy (non-hydrogen) atoms. The quantitative estimate of drug-likeness (QED) is 0.126. The molecule has 1 heterocycles. The van der Waals surface area contributed by atoms with Crippen LogP contribution in [0.4, 0.5) is 0 Å². The summed E-state index contributed by atoms with van der Waals surface area (Å²) in [5.41, 5.74) is 11.6. The molecule has 5 aromatic rings. The number of benzene rings is 4. The van der Waals surface area contributed by atoms with Gasteiger partial charge in [0.25, 0.3) is 0 Å². The van der Waals surface area contributed by atoms with E-state index < -0.39 is 0 Å². The second kappa shape index (κ2) is 16.4. The molecule has 1 aromatic heterocycles. The molecule has 8 saturated carbocycles. The summed E-state index contributed by atoms with van der Waals surface area (Å²) in [5.74, 6) is 5.00. The minimum Gasteiger partial charge on any atom is -0.872 e. The number of aromatic nitrogens is 1. The third-order valence-corrected chi connectivity index (χ3v) is 16.9. The summed E-state index contributed by atoms with van der Waals surface area (Å²) in [4.78, 5) is 5.44. The molecule has 0 saturated heterocycles. The Kier molecular flexibility index (Phi) is 12.0. The van der Waals surface area contributed by atoms with Crippen molar-refractivity contribution in [3.05, 3.63) is 128 Å². The van der Waals surface area contributed by atoms with E-state index in [1.807, 2.05) is 0 Å². The van der Waals surface area contributed by atoms with Gasteiger partial charge in [0, 0.05) is 11.1 Å². The van der Waals surface area contributed by atoms with Crippen LogP contribution < -0.4 is 10.2 Å². The molecule has 0 spiro atoms. The zero-order valence-corrected chi connectivity index (χ0v) is 43.0. The number of nitrogens with zero attached hydrogens (tertiary/aromatic N) is 1. The van der Waals surface area contributed by atoms with Gasteiger partial charge in [0.15, 0.2) is 0 Å². The summed E-state index contributed by atoms with van der Waals surface area (Å²) in [6, 6.07) is 32.2. The van der Waals surface area contributed by atoms with Gasteiger partial charge in [-0.3, -0.25) is 0 Å². The van der Waals surface area contributed by atoms with E-state index in [1.165, 1.54) is 88.2 Å². The molecule has 0 aliphatic heterocycles. The first-order chi connectivity index (χ1) is 28.6. The molecule has 3 nitrogen and oxygen atoms in total. The van der Waals surface area contributed by atoms with E-state index in [0.717, 1.165) is 91.4 Å². The van der Waals surface area contributed by atoms with Crippen molar-refractivity contribution < 1.29 is 36.1 Å². The van der Waals surface area contributed by atoms with Gasteiger partial charge in [0.1, 0.15) is 0 Å². The molecule has 326 valence electrons. The zero-order valence-electron chi connectivity index (χ0n) is 39.4. The van der Waals surface area contributed by atoms with E-state index in [4.69, 9.17) is 4.98 Å². The Bertz CT molecular complexity index is 2280. The molecular formula is C59H69HfNO2. The Morgan fingerprint density at radius 1 is 0.429 bits per heavy atom. The summed E-state index contributed by atoms with van der Waals surface area (Å²) in [6.45, 7) is 13.7. The molecule has 8 aliphatic carbocycles. The number of rotatable bonds is 6. The fraction of sp³-hybridized carbons (Fsp3) is 0.475. The van der Waals surface area contributed by atoms with Gasteiger partial charge in [-0.25, -0.2) is 4.98 Å². The van der Waals surface area contributed by atoms with Crippen LogP contribution in [0.15, 0.2) is 91.0 Å².